The lowest BCUT2D eigenvalue weighted by Gasteiger charge is -2.17. The lowest BCUT2D eigenvalue weighted by Crippen LogP contribution is -2.35. The summed E-state index contributed by atoms with van der Waals surface area (Å²) >= 11 is 1.72. The highest BCUT2D eigenvalue weighted by molar-refractivity contribution is 7.12. The smallest absolute Gasteiger partial charge is 0.222 e. The summed E-state index contributed by atoms with van der Waals surface area (Å²) in [7, 11) is 0. The van der Waals surface area contributed by atoms with E-state index in [0.717, 1.165) is 0 Å². The summed E-state index contributed by atoms with van der Waals surface area (Å²) in [5, 5.41) is 2.99. The first kappa shape index (κ1) is 14.2. The molecule has 0 radical (unpaired) electrons. The highest BCUT2D eigenvalue weighted by Gasteiger charge is 2.16. The van der Waals surface area contributed by atoms with Gasteiger partial charge in [-0.2, -0.15) is 0 Å². The molecule has 0 saturated heterocycles. The SMILES string of the molecule is Cc1ccc(C(C)NC(=O)CC(N)C(C)C)s1. The summed E-state index contributed by atoms with van der Waals surface area (Å²) in [6.07, 6.45) is 0.395. The van der Waals surface area contributed by atoms with Crippen LogP contribution in [0.2, 0.25) is 0 Å². The minimum Gasteiger partial charge on any atom is -0.349 e. The molecule has 96 valence electrons. The fourth-order valence-corrected chi connectivity index (χ4v) is 2.39. The number of aryl methyl sites for hydroxylation is 1. The van der Waals surface area contributed by atoms with Gasteiger partial charge in [-0.25, -0.2) is 0 Å². The van der Waals surface area contributed by atoms with Gasteiger partial charge in [0, 0.05) is 22.2 Å². The van der Waals surface area contributed by atoms with Gasteiger partial charge in [0.1, 0.15) is 0 Å². The maximum absolute atomic E-state index is 11.8. The van der Waals surface area contributed by atoms with Gasteiger partial charge in [-0.3, -0.25) is 4.79 Å². The van der Waals surface area contributed by atoms with Crippen LogP contribution in [-0.4, -0.2) is 11.9 Å². The zero-order chi connectivity index (χ0) is 13.0. The van der Waals surface area contributed by atoms with E-state index in [0.29, 0.717) is 12.3 Å². The van der Waals surface area contributed by atoms with Crippen LogP contribution in [-0.2, 0) is 4.79 Å². The van der Waals surface area contributed by atoms with E-state index in [1.807, 2.05) is 20.8 Å². The minimum absolute atomic E-state index is 0.0322. The first-order valence-corrected chi connectivity index (χ1v) is 6.83. The number of nitrogens with two attached hydrogens (primary N) is 1. The van der Waals surface area contributed by atoms with Crippen molar-refractivity contribution in [1.29, 1.82) is 0 Å². The molecule has 0 aliphatic heterocycles. The zero-order valence-corrected chi connectivity index (χ0v) is 11.8. The molecule has 3 N–H and O–H groups in total. The van der Waals surface area contributed by atoms with Crippen LogP contribution in [0.4, 0.5) is 0 Å². The topological polar surface area (TPSA) is 55.1 Å². The Morgan fingerprint density at radius 2 is 2.06 bits per heavy atom. The van der Waals surface area contributed by atoms with Crippen molar-refractivity contribution in [2.45, 2.75) is 46.2 Å². The molecular formula is C13H22N2OS. The van der Waals surface area contributed by atoms with Gasteiger partial charge in [-0.05, 0) is 31.9 Å². The van der Waals surface area contributed by atoms with Crippen LogP contribution >= 0.6 is 11.3 Å². The Morgan fingerprint density at radius 1 is 1.41 bits per heavy atom. The fourth-order valence-electron chi connectivity index (χ4n) is 1.51. The minimum atomic E-state index is -0.0627. The first-order chi connectivity index (χ1) is 7.90. The Bertz CT molecular complexity index is 373. The molecule has 0 spiro atoms. The van der Waals surface area contributed by atoms with Crippen molar-refractivity contribution in [3.63, 3.8) is 0 Å². The average molecular weight is 254 g/mol. The molecule has 1 aromatic rings. The average Bonchev–Trinajstić information content (AvgIpc) is 2.64. The number of carbonyl (C=O) groups excluding carboxylic acids is 1. The number of carbonyl (C=O) groups is 1. The Balaban J connectivity index is 2.46. The van der Waals surface area contributed by atoms with Crippen molar-refractivity contribution in [3.8, 4) is 0 Å². The molecule has 1 rings (SSSR count). The largest absolute Gasteiger partial charge is 0.349 e. The molecule has 1 amide bonds. The summed E-state index contributed by atoms with van der Waals surface area (Å²) in [5.41, 5.74) is 5.88. The molecule has 0 fully saturated rings. The van der Waals surface area contributed by atoms with E-state index in [-0.39, 0.29) is 18.0 Å². The van der Waals surface area contributed by atoms with E-state index in [9.17, 15) is 4.79 Å². The summed E-state index contributed by atoms with van der Waals surface area (Å²) in [5.74, 6) is 0.366. The van der Waals surface area contributed by atoms with E-state index >= 15 is 0 Å². The zero-order valence-electron chi connectivity index (χ0n) is 11.0. The van der Waals surface area contributed by atoms with E-state index in [1.54, 1.807) is 11.3 Å². The molecule has 4 heteroatoms. The third-order valence-electron chi connectivity index (χ3n) is 2.84. The highest BCUT2D eigenvalue weighted by Crippen LogP contribution is 2.22. The molecule has 17 heavy (non-hydrogen) atoms. The monoisotopic (exact) mass is 254 g/mol. The molecule has 0 bridgehead atoms. The van der Waals surface area contributed by atoms with E-state index in [4.69, 9.17) is 5.73 Å². The van der Waals surface area contributed by atoms with Gasteiger partial charge in [0.05, 0.1) is 6.04 Å². The number of rotatable bonds is 5. The van der Waals surface area contributed by atoms with Crippen molar-refractivity contribution >= 4 is 17.2 Å². The molecule has 1 heterocycles. The summed E-state index contributed by atoms with van der Waals surface area (Å²) in [4.78, 5) is 14.2. The van der Waals surface area contributed by atoms with Crippen LogP contribution < -0.4 is 11.1 Å². The molecule has 0 saturated carbocycles. The number of thiophene rings is 1. The van der Waals surface area contributed by atoms with Crippen LogP contribution in [0.5, 0.6) is 0 Å². The lowest BCUT2D eigenvalue weighted by atomic mass is 10.0. The van der Waals surface area contributed by atoms with Gasteiger partial charge in [-0.15, -0.1) is 11.3 Å². The molecule has 1 aromatic heterocycles. The molecule has 2 unspecified atom stereocenters. The standard InChI is InChI=1S/C13H22N2OS/c1-8(2)11(14)7-13(16)15-10(4)12-6-5-9(3)17-12/h5-6,8,10-11H,7,14H2,1-4H3,(H,15,16). The van der Waals surface area contributed by atoms with Crippen LogP contribution in [0.25, 0.3) is 0 Å². The fraction of sp³-hybridized carbons (Fsp3) is 0.615. The van der Waals surface area contributed by atoms with Crippen molar-refractivity contribution < 1.29 is 4.79 Å². The maximum atomic E-state index is 11.8. The molecular weight excluding hydrogens is 232 g/mol. The number of hydrogen-bond acceptors (Lipinski definition) is 3. The maximum Gasteiger partial charge on any atom is 0.222 e. The van der Waals surface area contributed by atoms with E-state index < -0.39 is 0 Å². The molecule has 0 aliphatic carbocycles. The Morgan fingerprint density at radius 3 is 2.53 bits per heavy atom. The number of hydrogen-bond donors (Lipinski definition) is 2. The first-order valence-electron chi connectivity index (χ1n) is 6.01. The van der Waals surface area contributed by atoms with Crippen molar-refractivity contribution in [3.05, 3.63) is 21.9 Å². The second kappa shape index (κ2) is 6.17. The van der Waals surface area contributed by atoms with Gasteiger partial charge < -0.3 is 11.1 Å². The van der Waals surface area contributed by atoms with Gasteiger partial charge in [-0.1, -0.05) is 13.8 Å². The van der Waals surface area contributed by atoms with Crippen molar-refractivity contribution in [2.75, 3.05) is 0 Å². The van der Waals surface area contributed by atoms with Crippen molar-refractivity contribution in [1.82, 2.24) is 5.32 Å². The lowest BCUT2D eigenvalue weighted by molar-refractivity contribution is -0.122. The van der Waals surface area contributed by atoms with Gasteiger partial charge >= 0.3 is 0 Å². The Hall–Kier alpha value is -0.870. The highest BCUT2D eigenvalue weighted by atomic mass is 32.1. The third-order valence-corrected chi connectivity index (χ3v) is 4.03. The molecule has 2 atom stereocenters. The van der Waals surface area contributed by atoms with E-state index in [1.165, 1.54) is 9.75 Å². The molecule has 3 nitrogen and oxygen atoms in total. The van der Waals surface area contributed by atoms with Crippen molar-refractivity contribution in [2.24, 2.45) is 11.7 Å². The van der Waals surface area contributed by atoms with Crippen LogP contribution in [0.15, 0.2) is 12.1 Å². The molecule has 0 aromatic carbocycles. The second-order valence-corrected chi connectivity index (χ2v) is 6.17. The third kappa shape index (κ3) is 4.48. The van der Waals surface area contributed by atoms with Gasteiger partial charge in [0.15, 0.2) is 0 Å². The predicted molar refractivity (Wildman–Crippen MR) is 73.0 cm³/mol. The van der Waals surface area contributed by atoms with Crippen LogP contribution in [0.1, 0.15) is 43.0 Å². The predicted octanol–water partition coefficient (Wildman–Crippen LogP) is 2.61. The van der Waals surface area contributed by atoms with Crippen LogP contribution in [0, 0.1) is 12.8 Å². The second-order valence-electron chi connectivity index (χ2n) is 4.85. The van der Waals surface area contributed by atoms with E-state index in [2.05, 4.69) is 24.4 Å². The summed E-state index contributed by atoms with van der Waals surface area (Å²) in [6, 6.07) is 4.14. The number of nitrogens with one attached hydrogen (secondary N) is 1. The summed E-state index contributed by atoms with van der Waals surface area (Å²) in [6.45, 7) is 8.13. The van der Waals surface area contributed by atoms with Crippen LogP contribution in [0.3, 0.4) is 0 Å². The normalized spacial score (nSPS) is 14.7. The Labute approximate surface area is 107 Å². The number of amides is 1. The Kier molecular flexibility index (Phi) is 5.15. The summed E-state index contributed by atoms with van der Waals surface area (Å²) < 4.78 is 0. The van der Waals surface area contributed by atoms with Gasteiger partial charge in [0.2, 0.25) is 5.91 Å². The quantitative estimate of drug-likeness (QED) is 0.848. The molecule has 0 aliphatic rings. The van der Waals surface area contributed by atoms with Gasteiger partial charge in [0.25, 0.3) is 0 Å².